The molecule has 1 heterocycles. The minimum Gasteiger partial charge on any atom is -0.495 e. The minimum atomic E-state index is -0.196. The molecule has 172 valence electrons. The highest BCUT2D eigenvalue weighted by Gasteiger charge is 2.50. The van der Waals surface area contributed by atoms with E-state index in [0.717, 1.165) is 43.7 Å². The summed E-state index contributed by atoms with van der Waals surface area (Å²) in [5.74, 6) is 2.16. The van der Waals surface area contributed by atoms with Gasteiger partial charge in [0, 0.05) is 17.5 Å². The predicted molar refractivity (Wildman–Crippen MR) is 125 cm³/mol. The molecule has 2 aromatic carbocycles. The number of fused-ring (bicyclic) bond motifs is 1. The van der Waals surface area contributed by atoms with Crippen LogP contribution in [0.25, 0.3) is 0 Å². The largest absolute Gasteiger partial charge is 0.495 e. The summed E-state index contributed by atoms with van der Waals surface area (Å²) >= 11 is 0. The summed E-state index contributed by atoms with van der Waals surface area (Å²) in [5, 5.41) is 6.11. The van der Waals surface area contributed by atoms with E-state index in [9.17, 15) is 4.79 Å². The van der Waals surface area contributed by atoms with Crippen molar-refractivity contribution in [3.05, 3.63) is 48.0 Å². The molecule has 2 aliphatic rings. The SMILES string of the molecule is COc1ccccc1NC(=O)N[C@H]1CC[C@@]2(c3ccc(OC)c(OC)c3)CCN(C)[C@@H]2C1. The smallest absolute Gasteiger partial charge is 0.319 e. The van der Waals surface area contributed by atoms with Gasteiger partial charge in [-0.15, -0.1) is 0 Å². The number of rotatable bonds is 6. The number of nitrogens with one attached hydrogen (secondary N) is 2. The van der Waals surface area contributed by atoms with E-state index in [4.69, 9.17) is 14.2 Å². The summed E-state index contributed by atoms with van der Waals surface area (Å²) in [4.78, 5) is 15.1. The van der Waals surface area contributed by atoms with E-state index in [1.54, 1.807) is 21.3 Å². The molecule has 2 fully saturated rings. The number of benzene rings is 2. The zero-order chi connectivity index (χ0) is 22.7. The Morgan fingerprint density at radius 2 is 1.75 bits per heavy atom. The van der Waals surface area contributed by atoms with Crippen molar-refractivity contribution in [2.24, 2.45) is 0 Å². The zero-order valence-corrected chi connectivity index (χ0v) is 19.3. The number of nitrogens with zero attached hydrogens (tertiary/aromatic N) is 1. The second-order valence-electron chi connectivity index (χ2n) is 8.74. The van der Waals surface area contributed by atoms with E-state index in [1.165, 1.54) is 5.56 Å². The molecule has 32 heavy (non-hydrogen) atoms. The fraction of sp³-hybridized carbons (Fsp3) is 0.480. The fourth-order valence-corrected chi connectivity index (χ4v) is 5.49. The summed E-state index contributed by atoms with van der Waals surface area (Å²) in [6.07, 6.45) is 3.95. The van der Waals surface area contributed by atoms with Crippen LogP contribution in [0.2, 0.25) is 0 Å². The van der Waals surface area contributed by atoms with Gasteiger partial charge in [-0.05, 0) is 69.1 Å². The summed E-state index contributed by atoms with van der Waals surface area (Å²) < 4.78 is 16.3. The summed E-state index contributed by atoms with van der Waals surface area (Å²) in [5.41, 5.74) is 2.02. The van der Waals surface area contributed by atoms with Crippen LogP contribution >= 0.6 is 0 Å². The van der Waals surface area contributed by atoms with Gasteiger partial charge in [0.2, 0.25) is 0 Å². The molecule has 1 aliphatic carbocycles. The van der Waals surface area contributed by atoms with E-state index < -0.39 is 0 Å². The van der Waals surface area contributed by atoms with Crippen molar-refractivity contribution in [1.82, 2.24) is 10.2 Å². The zero-order valence-electron chi connectivity index (χ0n) is 19.3. The second-order valence-corrected chi connectivity index (χ2v) is 8.74. The first-order valence-electron chi connectivity index (χ1n) is 11.1. The van der Waals surface area contributed by atoms with Crippen molar-refractivity contribution in [3.8, 4) is 17.2 Å². The highest BCUT2D eigenvalue weighted by Crippen LogP contribution is 2.49. The number of likely N-dealkylation sites (N-methyl/N-ethyl adjacent to an activating group) is 1. The van der Waals surface area contributed by atoms with E-state index in [-0.39, 0.29) is 17.5 Å². The Morgan fingerprint density at radius 3 is 2.50 bits per heavy atom. The Hall–Kier alpha value is -2.93. The number of ether oxygens (including phenoxy) is 3. The minimum absolute atomic E-state index is 0.0611. The maximum Gasteiger partial charge on any atom is 0.319 e. The van der Waals surface area contributed by atoms with Crippen molar-refractivity contribution in [2.75, 3.05) is 40.2 Å². The molecule has 3 atom stereocenters. The average molecular weight is 440 g/mol. The number of carbonyl (C=O) groups excluding carboxylic acids is 1. The van der Waals surface area contributed by atoms with Crippen molar-refractivity contribution in [1.29, 1.82) is 0 Å². The standard InChI is InChI=1S/C25H33N3O4/c1-28-14-13-25(17-9-10-21(31-3)22(15-17)32-4)12-11-18(16-23(25)28)26-24(29)27-19-7-5-6-8-20(19)30-2/h5-10,15,18,23H,11-14,16H2,1-4H3,(H2,26,27,29)/t18-,23+,25-/m0/s1. The molecule has 7 nitrogen and oxygen atoms in total. The highest BCUT2D eigenvalue weighted by atomic mass is 16.5. The van der Waals surface area contributed by atoms with Gasteiger partial charge in [0.25, 0.3) is 0 Å². The Bertz CT molecular complexity index is 966. The number of anilines is 1. The maximum absolute atomic E-state index is 12.7. The summed E-state index contributed by atoms with van der Waals surface area (Å²) in [6, 6.07) is 14.0. The lowest BCUT2D eigenvalue weighted by Gasteiger charge is -2.45. The Balaban J connectivity index is 1.48. The van der Waals surface area contributed by atoms with Gasteiger partial charge in [0.05, 0.1) is 27.0 Å². The normalized spacial score (nSPS) is 25.0. The molecule has 1 saturated heterocycles. The summed E-state index contributed by atoms with van der Waals surface area (Å²) in [6.45, 7) is 1.04. The molecule has 2 N–H and O–H groups in total. The van der Waals surface area contributed by atoms with Crippen LogP contribution in [0.15, 0.2) is 42.5 Å². The maximum atomic E-state index is 12.7. The van der Waals surface area contributed by atoms with Crippen LogP contribution in [0.3, 0.4) is 0 Å². The van der Waals surface area contributed by atoms with Crippen LogP contribution in [0.5, 0.6) is 17.2 Å². The Kier molecular flexibility index (Phi) is 6.46. The van der Waals surface area contributed by atoms with Crippen LogP contribution in [0, 0.1) is 0 Å². The molecular weight excluding hydrogens is 406 g/mol. The molecule has 0 bridgehead atoms. The van der Waals surface area contributed by atoms with Crippen LogP contribution < -0.4 is 24.8 Å². The van der Waals surface area contributed by atoms with Crippen LogP contribution in [0.4, 0.5) is 10.5 Å². The van der Waals surface area contributed by atoms with Gasteiger partial charge in [-0.25, -0.2) is 4.79 Å². The predicted octanol–water partition coefficient (Wildman–Crippen LogP) is 4.03. The molecule has 2 amide bonds. The van der Waals surface area contributed by atoms with E-state index in [1.807, 2.05) is 30.3 Å². The van der Waals surface area contributed by atoms with Crippen LogP contribution in [0.1, 0.15) is 31.2 Å². The molecule has 7 heteroatoms. The molecule has 0 aromatic heterocycles. The molecule has 0 spiro atoms. The van der Waals surface area contributed by atoms with Crippen molar-refractivity contribution in [3.63, 3.8) is 0 Å². The molecule has 1 saturated carbocycles. The lowest BCUT2D eigenvalue weighted by atomic mass is 9.65. The van der Waals surface area contributed by atoms with E-state index >= 15 is 0 Å². The lowest BCUT2D eigenvalue weighted by molar-refractivity contribution is 0.156. The number of hydrogen-bond acceptors (Lipinski definition) is 5. The fourth-order valence-electron chi connectivity index (χ4n) is 5.49. The molecule has 4 rings (SSSR count). The molecule has 0 radical (unpaired) electrons. The third kappa shape index (κ3) is 4.09. The number of urea groups is 1. The van der Waals surface area contributed by atoms with Gasteiger partial charge in [0.15, 0.2) is 11.5 Å². The third-order valence-electron chi connectivity index (χ3n) is 7.18. The topological polar surface area (TPSA) is 72.1 Å². The number of para-hydroxylation sites is 2. The third-order valence-corrected chi connectivity index (χ3v) is 7.18. The first-order valence-corrected chi connectivity index (χ1v) is 11.1. The van der Waals surface area contributed by atoms with Gasteiger partial charge in [0.1, 0.15) is 5.75 Å². The number of carbonyl (C=O) groups is 1. The first-order chi connectivity index (χ1) is 15.5. The molecule has 2 aromatic rings. The lowest BCUT2D eigenvalue weighted by Crippen LogP contribution is -2.52. The van der Waals surface area contributed by atoms with Crippen molar-refractivity contribution < 1.29 is 19.0 Å². The van der Waals surface area contributed by atoms with Crippen LogP contribution in [-0.4, -0.2) is 57.9 Å². The summed E-state index contributed by atoms with van der Waals surface area (Å²) in [7, 11) is 7.13. The number of amides is 2. The first kappa shape index (κ1) is 22.3. The number of likely N-dealkylation sites (tertiary alicyclic amines) is 1. The number of methoxy groups -OCH3 is 3. The van der Waals surface area contributed by atoms with Crippen molar-refractivity contribution in [2.45, 2.75) is 43.2 Å². The van der Waals surface area contributed by atoms with Crippen LogP contribution in [-0.2, 0) is 5.41 Å². The molecule has 1 aliphatic heterocycles. The Morgan fingerprint density at radius 1 is 1.00 bits per heavy atom. The highest BCUT2D eigenvalue weighted by molar-refractivity contribution is 5.91. The number of hydrogen-bond donors (Lipinski definition) is 2. The van der Waals surface area contributed by atoms with Gasteiger partial charge in [-0.1, -0.05) is 18.2 Å². The molecule has 0 unspecified atom stereocenters. The van der Waals surface area contributed by atoms with Crippen molar-refractivity contribution >= 4 is 11.7 Å². The Labute approximate surface area is 190 Å². The average Bonchev–Trinajstić information content (AvgIpc) is 3.16. The van der Waals surface area contributed by atoms with E-state index in [0.29, 0.717) is 17.5 Å². The van der Waals surface area contributed by atoms with Gasteiger partial charge >= 0.3 is 6.03 Å². The van der Waals surface area contributed by atoms with E-state index in [2.05, 4.69) is 34.7 Å². The van der Waals surface area contributed by atoms with Gasteiger partial charge < -0.3 is 29.7 Å². The monoisotopic (exact) mass is 439 g/mol. The second kappa shape index (κ2) is 9.28. The molecular formula is C25H33N3O4. The van der Waals surface area contributed by atoms with Gasteiger partial charge in [-0.3, -0.25) is 0 Å². The van der Waals surface area contributed by atoms with Gasteiger partial charge in [-0.2, -0.15) is 0 Å². The quantitative estimate of drug-likeness (QED) is 0.711.